The number of rotatable bonds is 4. The number of pyridine rings is 1. The minimum atomic E-state index is -0.412. The molecule has 0 bridgehead atoms. The fourth-order valence-electron chi connectivity index (χ4n) is 3.80. The summed E-state index contributed by atoms with van der Waals surface area (Å²) in [5, 5.41) is 1.85. The minimum Gasteiger partial charge on any atom is -0.462 e. The van der Waals surface area contributed by atoms with Crippen molar-refractivity contribution in [2.75, 3.05) is 6.61 Å². The Morgan fingerprint density at radius 1 is 0.933 bits per heavy atom. The predicted molar refractivity (Wildman–Crippen MR) is 118 cm³/mol. The third-order valence-electron chi connectivity index (χ3n) is 5.09. The second kappa shape index (κ2) is 7.48. The zero-order valence-electron chi connectivity index (χ0n) is 16.5. The molecule has 3 aromatic carbocycles. The van der Waals surface area contributed by atoms with Gasteiger partial charge in [-0.15, -0.1) is 0 Å². The van der Waals surface area contributed by atoms with Gasteiger partial charge in [0, 0.05) is 16.3 Å². The molecule has 0 radical (unpaired) electrons. The van der Waals surface area contributed by atoms with Crippen LogP contribution in [0.2, 0.25) is 0 Å². The molecule has 0 aliphatic heterocycles. The third kappa shape index (κ3) is 3.03. The van der Waals surface area contributed by atoms with Crippen molar-refractivity contribution in [3.8, 4) is 22.6 Å². The molecule has 0 saturated carbocycles. The molecule has 0 N–H and O–H groups in total. The number of hydrogen-bond donors (Lipinski definition) is 0. The fraction of sp³-hybridized carbons (Fsp3) is 0.0769. The first-order valence-electron chi connectivity index (χ1n) is 9.90. The predicted octanol–water partition coefficient (Wildman–Crippen LogP) is 6.49. The number of para-hydroxylation sites is 2. The molecule has 146 valence electrons. The Morgan fingerprint density at radius 2 is 1.67 bits per heavy atom. The van der Waals surface area contributed by atoms with Crippen LogP contribution in [0.4, 0.5) is 0 Å². The van der Waals surface area contributed by atoms with E-state index in [9.17, 15) is 4.79 Å². The van der Waals surface area contributed by atoms with Gasteiger partial charge in [0.1, 0.15) is 11.3 Å². The van der Waals surface area contributed by atoms with Crippen LogP contribution in [0.15, 0.2) is 89.3 Å². The lowest BCUT2D eigenvalue weighted by Crippen LogP contribution is -2.10. The van der Waals surface area contributed by atoms with E-state index in [2.05, 4.69) is 0 Å². The molecule has 0 amide bonds. The lowest BCUT2D eigenvalue weighted by atomic mass is 9.93. The zero-order valence-corrected chi connectivity index (χ0v) is 16.5. The lowest BCUT2D eigenvalue weighted by Gasteiger charge is -2.15. The van der Waals surface area contributed by atoms with Crippen molar-refractivity contribution in [1.82, 2.24) is 4.98 Å². The first-order valence-corrected chi connectivity index (χ1v) is 9.90. The molecule has 5 rings (SSSR count). The van der Waals surface area contributed by atoms with Gasteiger partial charge in [-0.1, -0.05) is 66.7 Å². The van der Waals surface area contributed by atoms with Crippen molar-refractivity contribution < 1.29 is 13.9 Å². The highest BCUT2D eigenvalue weighted by Gasteiger charge is 2.26. The number of carbonyl (C=O) groups excluding carboxylic acids is 1. The molecule has 2 heterocycles. The maximum Gasteiger partial charge on any atom is 0.341 e. The van der Waals surface area contributed by atoms with Crippen molar-refractivity contribution in [3.05, 3.63) is 90.5 Å². The minimum absolute atomic E-state index is 0.277. The number of carbonyl (C=O) groups is 1. The molecule has 0 aliphatic rings. The van der Waals surface area contributed by atoms with E-state index in [0.29, 0.717) is 17.0 Å². The zero-order chi connectivity index (χ0) is 20.5. The summed E-state index contributed by atoms with van der Waals surface area (Å²) in [4.78, 5) is 18.0. The van der Waals surface area contributed by atoms with Crippen molar-refractivity contribution in [2.24, 2.45) is 0 Å². The van der Waals surface area contributed by atoms with Crippen LogP contribution < -0.4 is 0 Å². The number of nitrogens with zero attached hydrogens (tertiary/aromatic N) is 1. The number of ether oxygens (including phenoxy) is 1. The Hall–Kier alpha value is -3.92. The van der Waals surface area contributed by atoms with E-state index in [1.807, 2.05) is 84.9 Å². The summed E-state index contributed by atoms with van der Waals surface area (Å²) < 4.78 is 11.5. The van der Waals surface area contributed by atoms with Crippen LogP contribution in [0, 0.1) is 0 Å². The number of benzene rings is 3. The van der Waals surface area contributed by atoms with Crippen molar-refractivity contribution in [1.29, 1.82) is 0 Å². The van der Waals surface area contributed by atoms with E-state index in [1.54, 1.807) is 6.92 Å². The summed E-state index contributed by atoms with van der Waals surface area (Å²) in [5.41, 5.74) is 4.17. The third-order valence-corrected chi connectivity index (χ3v) is 5.09. The molecule has 4 heteroatoms. The van der Waals surface area contributed by atoms with Crippen LogP contribution >= 0.6 is 0 Å². The summed E-state index contributed by atoms with van der Waals surface area (Å²) >= 11 is 0. The van der Waals surface area contributed by atoms with Gasteiger partial charge in [-0.3, -0.25) is 0 Å². The standard InChI is InChI=1S/C26H19NO3/c1-2-29-26(28)24-23(17-10-4-3-5-11-17)19-13-7-8-14-20(19)27-25(24)22-16-18-12-6-9-15-21(18)30-22/h3-16H,2H2,1H3. The summed E-state index contributed by atoms with van der Waals surface area (Å²) in [6.07, 6.45) is 0. The molecule has 0 aliphatic carbocycles. The Morgan fingerprint density at radius 3 is 2.47 bits per heavy atom. The largest absolute Gasteiger partial charge is 0.462 e. The lowest BCUT2D eigenvalue weighted by molar-refractivity contribution is 0.0527. The van der Waals surface area contributed by atoms with E-state index in [-0.39, 0.29) is 6.61 Å². The highest BCUT2D eigenvalue weighted by molar-refractivity contribution is 6.11. The number of fused-ring (bicyclic) bond motifs is 2. The topological polar surface area (TPSA) is 52.3 Å². The molecule has 0 unspecified atom stereocenters. The van der Waals surface area contributed by atoms with E-state index in [0.717, 1.165) is 33.0 Å². The van der Waals surface area contributed by atoms with E-state index < -0.39 is 5.97 Å². The molecule has 0 spiro atoms. The monoisotopic (exact) mass is 393 g/mol. The summed E-state index contributed by atoms with van der Waals surface area (Å²) in [5.74, 6) is 0.132. The second-order valence-corrected chi connectivity index (χ2v) is 6.96. The fourth-order valence-corrected chi connectivity index (χ4v) is 3.80. The molecule has 0 atom stereocenters. The maximum atomic E-state index is 13.2. The molecule has 5 aromatic rings. The van der Waals surface area contributed by atoms with E-state index >= 15 is 0 Å². The summed E-state index contributed by atoms with van der Waals surface area (Å²) in [7, 11) is 0. The molecule has 4 nitrogen and oxygen atoms in total. The van der Waals surface area contributed by atoms with Gasteiger partial charge < -0.3 is 9.15 Å². The SMILES string of the molecule is CCOC(=O)c1c(-c2cc3ccccc3o2)nc2ccccc2c1-c1ccccc1. The summed E-state index contributed by atoms with van der Waals surface area (Å²) in [6.45, 7) is 2.08. The van der Waals surface area contributed by atoms with Crippen molar-refractivity contribution in [2.45, 2.75) is 6.92 Å². The van der Waals surface area contributed by atoms with Gasteiger partial charge in [0.2, 0.25) is 0 Å². The number of hydrogen-bond acceptors (Lipinski definition) is 4. The molecule has 0 fully saturated rings. The normalized spacial score (nSPS) is 11.1. The van der Waals surface area contributed by atoms with Gasteiger partial charge in [0.15, 0.2) is 5.76 Å². The van der Waals surface area contributed by atoms with Crippen LogP contribution in [0.5, 0.6) is 0 Å². The summed E-state index contributed by atoms with van der Waals surface area (Å²) in [6, 6.07) is 27.4. The molecule has 2 aromatic heterocycles. The van der Waals surface area contributed by atoms with Crippen molar-refractivity contribution in [3.63, 3.8) is 0 Å². The van der Waals surface area contributed by atoms with Crippen LogP contribution in [0.3, 0.4) is 0 Å². The van der Waals surface area contributed by atoms with Gasteiger partial charge in [-0.25, -0.2) is 9.78 Å². The highest BCUT2D eigenvalue weighted by Crippen LogP contribution is 2.39. The number of furan rings is 1. The Labute approximate surface area is 173 Å². The molecular weight excluding hydrogens is 374 g/mol. The van der Waals surface area contributed by atoms with Gasteiger partial charge >= 0.3 is 5.97 Å². The van der Waals surface area contributed by atoms with E-state index in [4.69, 9.17) is 14.1 Å². The van der Waals surface area contributed by atoms with Gasteiger partial charge in [0.25, 0.3) is 0 Å². The average molecular weight is 393 g/mol. The van der Waals surface area contributed by atoms with Crippen LogP contribution in [-0.2, 0) is 4.74 Å². The molecule has 0 saturated heterocycles. The number of esters is 1. The van der Waals surface area contributed by atoms with E-state index in [1.165, 1.54) is 0 Å². The smallest absolute Gasteiger partial charge is 0.341 e. The van der Waals surface area contributed by atoms with Gasteiger partial charge in [-0.2, -0.15) is 0 Å². The quantitative estimate of drug-likeness (QED) is 0.327. The van der Waals surface area contributed by atoms with Crippen LogP contribution in [0.25, 0.3) is 44.5 Å². The molecule has 30 heavy (non-hydrogen) atoms. The Bertz CT molecular complexity index is 1340. The maximum absolute atomic E-state index is 13.2. The Balaban J connectivity index is 1.90. The molecular formula is C26H19NO3. The Kier molecular flexibility index (Phi) is 4.52. The van der Waals surface area contributed by atoms with Crippen LogP contribution in [-0.4, -0.2) is 17.6 Å². The van der Waals surface area contributed by atoms with Gasteiger partial charge in [0.05, 0.1) is 17.7 Å². The van der Waals surface area contributed by atoms with Crippen LogP contribution in [0.1, 0.15) is 17.3 Å². The van der Waals surface area contributed by atoms with Gasteiger partial charge in [-0.05, 0) is 30.7 Å². The average Bonchev–Trinajstić information content (AvgIpc) is 3.23. The second-order valence-electron chi connectivity index (χ2n) is 6.96. The highest BCUT2D eigenvalue weighted by atomic mass is 16.5. The first kappa shape index (κ1) is 18.1. The van der Waals surface area contributed by atoms with Crippen molar-refractivity contribution >= 4 is 27.8 Å². The number of aromatic nitrogens is 1. The first-order chi connectivity index (χ1) is 14.8.